The summed E-state index contributed by atoms with van der Waals surface area (Å²) < 4.78 is 5.89. The Balaban J connectivity index is 4.16. The molecule has 0 aliphatic carbocycles. The minimum atomic E-state index is -0.333. The van der Waals surface area contributed by atoms with E-state index in [4.69, 9.17) is 4.74 Å². The average Bonchev–Trinajstić information content (AvgIpc) is 2.14. The minimum Gasteiger partial charge on any atom is -0.393 e. The van der Waals surface area contributed by atoms with Crippen molar-refractivity contribution in [3.63, 3.8) is 0 Å². The Kier molecular flexibility index (Phi) is 5.10. The van der Waals surface area contributed by atoms with Gasteiger partial charge in [-0.1, -0.05) is 27.7 Å². The Morgan fingerprint density at radius 2 is 1.57 bits per heavy atom. The van der Waals surface area contributed by atoms with Crippen LogP contribution in [0.4, 0.5) is 0 Å². The van der Waals surface area contributed by atoms with Crippen LogP contribution in [0.25, 0.3) is 0 Å². The van der Waals surface area contributed by atoms with Crippen molar-refractivity contribution in [1.82, 2.24) is 0 Å². The lowest BCUT2D eigenvalue weighted by Gasteiger charge is -2.34. The van der Waals surface area contributed by atoms with E-state index in [9.17, 15) is 5.11 Å². The van der Waals surface area contributed by atoms with Crippen LogP contribution in [0, 0.1) is 5.41 Å². The van der Waals surface area contributed by atoms with Crippen LogP contribution in [0.2, 0.25) is 0 Å². The summed E-state index contributed by atoms with van der Waals surface area (Å²) in [5, 5.41) is 9.54. The highest BCUT2D eigenvalue weighted by molar-refractivity contribution is 4.78. The fraction of sp³-hybridized carbons (Fsp3) is 1.00. The van der Waals surface area contributed by atoms with Crippen LogP contribution in [0.5, 0.6) is 0 Å². The van der Waals surface area contributed by atoms with E-state index in [1.165, 1.54) is 0 Å². The maximum atomic E-state index is 9.54. The zero-order valence-electron chi connectivity index (χ0n) is 10.6. The smallest absolute Gasteiger partial charge is 0.0649 e. The van der Waals surface area contributed by atoms with E-state index < -0.39 is 0 Å². The van der Waals surface area contributed by atoms with E-state index in [-0.39, 0.29) is 17.1 Å². The van der Waals surface area contributed by atoms with Gasteiger partial charge in [0.05, 0.1) is 18.3 Å². The molecule has 0 spiro atoms. The predicted molar refractivity (Wildman–Crippen MR) is 60.4 cm³/mol. The van der Waals surface area contributed by atoms with Gasteiger partial charge in [0, 0.05) is 5.41 Å². The Morgan fingerprint density at radius 1 is 1.14 bits per heavy atom. The normalized spacial score (nSPS) is 15.6. The first-order chi connectivity index (χ1) is 6.27. The highest BCUT2D eigenvalue weighted by Gasteiger charge is 2.29. The molecule has 0 amide bonds. The number of ether oxygens (including phenoxy) is 1. The van der Waals surface area contributed by atoms with Crippen molar-refractivity contribution >= 4 is 0 Å². The molecule has 86 valence electrons. The molecule has 1 unspecified atom stereocenters. The zero-order valence-corrected chi connectivity index (χ0v) is 10.6. The van der Waals surface area contributed by atoms with Crippen LogP contribution in [-0.4, -0.2) is 23.4 Å². The van der Waals surface area contributed by atoms with Gasteiger partial charge in [0.15, 0.2) is 0 Å². The lowest BCUT2D eigenvalue weighted by molar-refractivity contribution is -0.0961. The number of hydrogen-bond acceptors (Lipinski definition) is 2. The summed E-state index contributed by atoms with van der Waals surface area (Å²) in [6.07, 6.45) is 1.69. The molecule has 0 saturated heterocycles. The molecule has 0 aliphatic heterocycles. The largest absolute Gasteiger partial charge is 0.393 e. The molecule has 1 atom stereocenters. The second kappa shape index (κ2) is 5.13. The molecular formula is C12H26O2. The van der Waals surface area contributed by atoms with E-state index in [1.807, 2.05) is 20.8 Å². The van der Waals surface area contributed by atoms with Gasteiger partial charge in [-0.2, -0.15) is 0 Å². The van der Waals surface area contributed by atoms with E-state index >= 15 is 0 Å². The third-order valence-electron chi connectivity index (χ3n) is 3.42. The molecule has 0 bridgehead atoms. The molecule has 0 aliphatic rings. The molecule has 0 saturated carbocycles. The first-order valence-corrected chi connectivity index (χ1v) is 5.59. The number of aliphatic hydroxyl groups is 1. The fourth-order valence-electron chi connectivity index (χ4n) is 0.935. The summed E-state index contributed by atoms with van der Waals surface area (Å²) in [6, 6.07) is 0. The van der Waals surface area contributed by atoms with Crippen LogP contribution in [0.15, 0.2) is 0 Å². The number of aliphatic hydroxyl groups excluding tert-OH is 1. The first-order valence-electron chi connectivity index (χ1n) is 5.59. The maximum Gasteiger partial charge on any atom is 0.0649 e. The standard InChI is InChI=1S/C12H26O2/c1-7-12(6,8-2)14-9-11(4,5)10(3)13/h10,13H,7-9H2,1-6H3. The van der Waals surface area contributed by atoms with Gasteiger partial charge in [0.1, 0.15) is 0 Å². The highest BCUT2D eigenvalue weighted by atomic mass is 16.5. The molecule has 0 aromatic carbocycles. The van der Waals surface area contributed by atoms with Gasteiger partial charge < -0.3 is 9.84 Å². The van der Waals surface area contributed by atoms with E-state index in [0.29, 0.717) is 6.61 Å². The summed E-state index contributed by atoms with van der Waals surface area (Å²) in [5.41, 5.74) is -0.197. The highest BCUT2D eigenvalue weighted by Crippen LogP contribution is 2.26. The Labute approximate surface area is 88.7 Å². The molecular weight excluding hydrogens is 176 g/mol. The molecule has 14 heavy (non-hydrogen) atoms. The molecule has 0 radical (unpaired) electrons. The molecule has 0 aromatic rings. The van der Waals surface area contributed by atoms with Gasteiger partial charge in [-0.05, 0) is 26.7 Å². The summed E-state index contributed by atoms with van der Waals surface area (Å²) in [4.78, 5) is 0. The molecule has 1 N–H and O–H groups in total. The van der Waals surface area contributed by atoms with Gasteiger partial charge in [0.25, 0.3) is 0 Å². The lowest BCUT2D eigenvalue weighted by Crippen LogP contribution is -2.37. The van der Waals surface area contributed by atoms with E-state index in [2.05, 4.69) is 20.8 Å². The summed E-state index contributed by atoms with van der Waals surface area (Å²) >= 11 is 0. The summed E-state index contributed by atoms with van der Waals surface area (Å²) in [5.74, 6) is 0. The van der Waals surface area contributed by atoms with Crippen LogP contribution in [0.1, 0.15) is 54.4 Å². The van der Waals surface area contributed by atoms with Crippen molar-refractivity contribution in [3.8, 4) is 0 Å². The van der Waals surface area contributed by atoms with Crippen LogP contribution >= 0.6 is 0 Å². The molecule has 2 heteroatoms. The van der Waals surface area contributed by atoms with Crippen molar-refractivity contribution in [2.45, 2.75) is 66.1 Å². The number of rotatable bonds is 6. The van der Waals surface area contributed by atoms with Gasteiger partial charge in [-0.3, -0.25) is 0 Å². The third kappa shape index (κ3) is 3.97. The molecule has 0 fully saturated rings. The molecule has 0 heterocycles. The van der Waals surface area contributed by atoms with Crippen LogP contribution < -0.4 is 0 Å². The Hall–Kier alpha value is -0.0800. The fourth-order valence-corrected chi connectivity index (χ4v) is 0.935. The Morgan fingerprint density at radius 3 is 1.86 bits per heavy atom. The average molecular weight is 202 g/mol. The van der Waals surface area contributed by atoms with Crippen molar-refractivity contribution < 1.29 is 9.84 Å². The Bertz CT molecular complexity index is 153. The second-order valence-electron chi connectivity index (χ2n) is 5.11. The van der Waals surface area contributed by atoms with Crippen molar-refractivity contribution in [3.05, 3.63) is 0 Å². The monoisotopic (exact) mass is 202 g/mol. The third-order valence-corrected chi connectivity index (χ3v) is 3.42. The van der Waals surface area contributed by atoms with Crippen LogP contribution in [0.3, 0.4) is 0 Å². The first kappa shape index (κ1) is 13.9. The van der Waals surface area contributed by atoms with Gasteiger partial charge >= 0.3 is 0 Å². The SMILES string of the molecule is CCC(C)(CC)OCC(C)(C)C(C)O. The van der Waals surface area contributed by atoms with Crippen molar-refractivity contribution in [2.24, 2.45) is 5.41 Å². The van der Waals surface area contributed by atoms with Gasteiger partial charge in [-0.25, -0.2) is 0 Å². The van der Waals surface area contributed by atoms with E-state index in [1.54, 1.807) is 0 Å². The summed E-state index contributed by atoms with van der Waals surface area (Å²) in [7, 11) is 0. The minimum absolute atomic E-state index is 0.0356. The number of hydrogen-bond donors (Lipinski definition) is 1. The zero-order chi connectivity index (χ0) is 11.4. The van der Waals surface area contributed by atoms with Crippen LogP contribution in [-0.2, 0) is 4.74 Å². The van der Waals surface area contributed by atoms with Crippen molar-refractivity contribution in [2.75, 3.05) is 6.61 Å². The molecule has 0 aromatic heterocycles. The quantitative estimate of drug-likeness (QED) is 0.717. The van der Waals surface area contributed by atoms with E-state index in [0.717, 1.165) is 12.8 Å². The molecule has 2 nitrogen and oxygen atoms in total. The maximum absolute atomic E-state index is 9.54. The molecule has 0 rings (SSSR count). The summed E-state index contributed by atoms with van der Waals surface area (Å²) in [6.45, 7) is 12.9. The van der Waals surface area contributed by atoms with Gasteiger partial charge in [0.2, 0.25) is 0 Å². The van der Waals surface area contributed by atoms with Crippen molar-refractivity contribution in [1.29, 1.82) is 0 Å². The second-order valence-corrected chi connectivity index (χ2v) is 5.11. The topological polar surface area (TPSA) is 29.5 Å². The predicted octanol–water partition coefficient (Wildman–Crippen LogP) is 2.99. The van der Waals surface area contributed by atoms with Gasteiger partial charge in [-0.15, -0.1) is 0 Å². The lowest BCUT2D eigenvalue weighted by atomic mass is 9.88.